The van der Waals surface area contributed by atoms with Crippen molar-refractivity contribution in [3.8, 4) is 0 Å². The SMILES string of the molecule is [CH2]CC(C)(C)COCCC. The van der Waals surface area contributed by atoms with Crippen molar-refractivity contribution in [2.24, 2.45) is 5.41 Å². The van der Waals surface area contributed by atoms with Gasteiger partial charge in [0, 0.05) is 6.61 Å². The van der Waals surface area contributed by atoms with Crippen LogP contribution in [0, 0.1) is 12.3 Å². The molecule has 1 nitrogen and oxygen atoms in total. The van der Waals surface area contributed by atoms with E-state index >= 15 is 0 Å². The molecule has 0 aliphatic heterocycles. The van der Waals surface area contributed by atoms with Gasteiger partial charge in [0.2, 0.25) is 0 Å². The summed E-state index contributed by atoms with van der Waals surface area (Å²) >= 11 is 0. The largest absolute Gasteiger partial charge is 0.381 e. The first-order valence-corrected chi connectivity index (χ1v) is 3.99. The first-order valence-electron chi connectivity index (χ1n) is 3.99. The zero-order valence-electron chi connectivity index (χ0n) is 7.44. The Morgan fingerprint density at radius 3 is 2.40 bits per heavy atom. The van der Waals surface area contributed by atoms with E-state index in [0.29, 0.717) is 0 Å². The van der Waals surface area contributed by atoms with Crippen LogP contribution in [-0.4, -0.2) is 13.2 Å². The van der Waals surface area contributed by atoms with Crippen molar-refractivity contribution in [2.75, 3.05) is 13.2 Å². The molecule has 61 valence electrons. The van der Waals surface area contributed by atoms with E-state index in [9.17, 15) is 0 Å². The average molecular weight is 143 g/mol. The van der Waals surface area contributed by atoms with E-state index in [4.69, 9.17) is 4.74 Å². The summed E-state index contributed by atoms with van der Waals surface area (Å²) in [5.41, 5.74) is 0.259. The van der Waals surface area contributed by atoms with Crippen molar-refractivity contribution in [3.63, 3.8) is 0 Å². The Morgan fingerprint density at radius 1 is 1.40 bits per heavy atom. The quantitative estimate of drug-likeness (QED) is 0.538. The van der Waals surface area contributed by atoms with E-state index in [-0.39, 0.29) is 5.41 Å². The van der Waals surface area contributed by atoms with Crippen molar-refractivity contribution < 1.29 is 4.74 Å². The first-order chi connectivity index (χ1) is 4.62. The molecule has 1 radical (unpaired) electrons. The lowest BCUT2D eigenvalue weighted by atomic mass is 9.92. The topological polar surface area (TPSA) is 9.23 Å². The van der Waals surface area contributed by atoms with E-state index < -0.39 is 0 Å². The summed E-state index contributed by atoms with van der Waals surface area (Å²) in [6, 6.07) is 0. The van der Waals surface area contributed by atoms with Crippen LogP contribution >= 0.6 is 0 Å². The highest BCUT2D eigenvalue weighted by Gasteiger charge is 2.14. The summed E-state index contributed by atoms with van der Waals surface area (Å²) in [7, 11) is 0. The monoisotopic (exact) mass is 143 g/mol. The summed E-state index contributed by atoms with van der Waals surface area (Å²) < 4.78 is 5.40. The third-order valence-corrected chi connectivity index (χ3v) is 1.52. The minimum atomic E-state index is 0.259. The minimum Gasteiger partial charge on any atom is -0.381 e. The van der Waals surface area contributed by atoms with Crippen LogP contribution in [0.15, 0.2) is 0 Å². The zero-order valence-corrected chi connectivity index (χ0v) is 7.44. The molecule has 0 saturated heterocycles. The smallest absolute Gasteiger partial charge is 0.0517 e. The van der Waals surface area contributed by atoms with Gasteiger partial charge in [-0.25, -0.2) is 0 Å². The van der Waals surface area contributed by atoms with E-state index in [2.05, 4.69) is 27.7 Å². The minimum absolute atomic E-state index is 0.259. The van der Waals surface area contributed by atoms with Gasteiger partial charge in [0.25, 0.3) is 0 Å². The highest BCUT2D eigenvalue weighted by molar-refractivity contribution is 4.68. The summed E-state index contributed by atoms with van der Waals surface area (Å²) in [6.45, 7) is 12.0. The van der Waals surface area contributed by atoms with Gasteiger partial charge in [-0.2, -0.15) is 0 Å². The number of rotatable bonds is 5. The Labute approximate surface area is 64.8 Å². The molecule has 0 N–H and O–H groups in total. The van der Waals surface area contributed by atoms with Gasteiger partial charge in [-0.15, -0.1) is 0 Å². The van der Waals surface area contributed by atoms with Gasteiger partial charge in [-0.3, -0.25) is 0 Å². The van der Waals surface area contributed by atoms with Gasteiger partial charge in [-0.05, 0) is 18.3 Å². The van der Waals surface area contributed by atoms with Crippen LogP contribution in [0.1, 0.15) is 33.6 Å². The number of hydrogen-bond donors (Lipinski definition) is 0. The van der Waals surface area contributed by atoms with E-state index in [1.54, 1.807) is 0 Å². The Morgan fingerprint density at radius 2 is 2.00 bits per heavy atom. The molecular weight excluding hydrogens is 124 g/mol. The molecule has 0 unspecified atom stereocenters. The molecule has 0 aliphatic carbocycles. The average Bonchev–Trinajstić information content (AvgIpc) is 1.89. The maximum atomic E-state index is 5.40. The van der Waals surface area contributed by atoms with Crippen molar-refractivity contribution in [2.45, 2.75) is 33.6 Å². The predicted molar refractivity (Wildman–Crippen MR) is 44.9 cm³/mol. The lowest BCUT2D eigenvalue weighted by Crippen LogP contribution is -2.18. The van der Waals surface area contributed by atoms with Crippen LogP contribution in [0.5, 0.6) is 0 Å². The Balaban J connectivity index is 3.28. The molecule has 0 atom stereocenters. The van der Waals surface area contributed by atoms with E-state index in [1.807, 2.05) is 0 Å². The normalized spacial score (nSPS) is 12.0. The second-order valence-corrected chi connectivity index (χ2v) is 3.47. The van der Waals surface area contributed by atoms with Crippen molar-refractivity contribution in [1.29, 1.82) is 0 Å². The highest BCUT2D eigenvalue weighted by Crippen LogP contribution is 2.19. The van der Waals surface area contributed by atoms with Gasteiger partial charge in [0.05, 0.1) is 6.61 Å². The fraction of sp³-hybridized carbons (Fsp3) is 0.889. The third kappa shape index (κ3) is 4.80. The molecule has 0 aromatic carbocycles. The fourth-order valence-corrected chi connectivity index (χ4v) is 0.565. The molecule has 10 heavy (non-hydrogen) atoms. The van der Waals surface area contributed by atoms with Crippen LogP contribution < -0.4 is 0 Å². The van der Waals surface area contributed by atoms with E-state index in [1.165, 1.54) is 0 Å². The second-order valence-electron chi connectivity index (χ2n) is 3.47. The van der Waals surface area contributed by atoms with Crippen LogP contribution in [0.4, 0.5) is 0 Å². The van der Waals surface area contributed by atoms with Crippen LogP contribution in [0.2, 0.25) is 0 Å². The summed E-state index contributed by atoms with van der Waals surface area (Å²) in [6.07, 6.45) is 2.05. The maximum absolute atomic E-state index is 5.40. The molecular formula is C9H19O. The van der Waals surface area contributed by atoms with Crippen molar-refractivity contribution >= 4 is 0 Å². The first kappa shape index (κ1) is 9.96. The van der Waals surface area contributed by atoms with Gasteiger partial charge in [-0.1, -0.05) is 27.7 Å². The van der Waals surface area contributed by atoms with Gasteiger partial charge in [0.15, 0.2) is 0 Å². The van der Waals surface area contributed by atoms with Crippen molar-refractivity contribution in [3.05, 3.63) is 6.92 Å². The summed E-state index contributed by atoms with van der Waals surface area (Å²) in [5.74, 6) is 0. The van der Waals surface area contributed by atoms with Gasteiger partial charge >= 0.3 is 0 Å². The van der Waals surface area contributed by atoms with Crippen LogP contribution in [-0.2, 0) is 4.74 Å². The summed E-state index contributed by atoms with van der Waals surface area (Å²) in [4.78, 5) is 0. The van der Waals surface area contributed by atoms with Gasteiger partial charge < -0.3 is 4.74 Å². The molecule has 1 heteroatoms. The third-order valence-electron chi connectivity index (χ3n) is 1.52. The summed E-state index contributed by atoms with van der Waals surface area (Å²) in [5, 5.41) is 0. The van der Waals surface area contributed by atoms with Crippen LogP contribution in [0.25, 0.3) is 0 Å². The standard InChI is InChI=1S/C9H19O/c1-5-7-10-8-9(3,4)6-2/h2,5-8H2,1,3-4H3. The zero-order chi connectivity index (χ0) is 8.04. The maximum Gasteiger partial charge on any atom is 0.0517 e. The molecule has 0 aromatic heterocycles. The Hall–Kier alpha value is -0.0400. The van der Waals surface area contributed by atoms with Crippen molar-refractivity contribution in [1.82, 2.24) is 0 Å². The fourth-order valence-electron chi connectivity index (χ4n) is 0.565. The molecule has 0 saturated carbocycles. The molecule has 0 rings (SSSR count). The molecule has 0 aliphatic rings. The Kier molecular flexibility index (Phi) is 4.71. The number of hydrogen-bond acceptors (Lipinski definition) is 1. The lowest BCUT2D eigenvalue weighted by molar-refractivity contribution is 0.0638. The molecule has 0 spiro atoms. The number of ether oxygens (including phenoxy) is 1. The molecule has 0 bridgehead atoms. The molecule has 0 heterocycles. The lowest BCUT2D eigenvalue weighted by Gasteiger charge is -2.21. The van der Waals surface area contributed by atoms with Crippen LogP contribution in [0.3, 0.4) is 0 Å². The second kappa shape index (κ2) is 4.73. The molecule has 0 fully saturated rings. The predicted octanol–water partition coefficient (Wildman–Crippen LogP) is 2.66. The molecule has 0 aromatic rings. The molecule has 0 amide bonds. The Bertz CT molecular complexity index is 76.8. The van der Waals surface area contributed by atoms with E-state index in [0.717, 1.165) is 26.1 Å². The van der Waals surface area contributed by atoms with Gasteiger partial charge in [0.1, 0.15) is 0 Å². The highest BCUT2D eigenvalue weighted by atomic mass is 16.5.